The second kappa shape index (κ2) is 7.74. The molecule has 22 heavy (non-hydrogen) atoms. The Bertz CT molecular complexity index is 562. The minimum absolute atomic E-state index is 0.000949. The lowest BCUT2D eigenvalue weighted by Gasteiger charge is -2.27. The van der Waals surface area contributed by atoms with Crippen molar-refractivity contribution in [3.05, 3.63) is 28.2 Å². The lowest BCUT2D eigenvalue weighted by molar-refractivity contribution is -0.128. The van der Waals surface area contributed by atoms with E-state index >= 15 is 0 Å². The van der Waals surface area contributed by atoms with Crippen LogP contribution in [0.2, 0.25) is 0 Å². The number of carbonyl (C=O) groups excluding carboxylic acids is 2. The van der Waals surface area contributed by atoms with Gasteiger partial charge in [-0.1, -0.05) is 15.9 Å². The largest absolute Gasteiger partial charge is 0.347 e. The standard InChI is InChI=1S/C16H22BrN3O2/c1-10-7-13(3-4-14(10)17)20-15(21)9-19-16(22)12-5-6-18-11(2)8-12/h3-4,7,11-12,18H,5-6,8-9H2,1-2H3,(H,19,22)(H,20,21)/t11-,12-/m0/s1. The molecular weight excluding hydrogens is 346 g/mol. The van der Waals surface area contributed by atoms with Gasteiger partial charge in [0.25, 0.3) is 0 Å². The maximum atomic E-state index is 12.1. The molecule has 0 unspecified atom stereocenters. The van der Waals surface area contributed by atoms with Crippen LogP contribution >= 0.6 is 15.9 Å². The van der Waals surface area contributed by atoms with Crippen LogP contribution in [0.15, 0.2) is 22.7 Å². The smallest absolute Gasteiger partial charge is 0.243 e. The summed E-state index contributed by atoms with van der Waals surface area (Å²) in [5, 5.41) is 8.83. The summed E-state index contributed by atoms with van der Waals surface area (Å²) in [6.45, 7) is 4.89. The van der Waals surface area contributed by atoms with Crippen LogP contribution in [0.5, 0.6) is 0 Å². The number of halogens is 1. The van der Waals surface area contributed by atoms with Crippen molar-refractivity contribution in [2.24, 2.45) is 5.92 Å². The number of benzene rings is 1. The molecule has 1 aromatic rings. The molecule has 2 rings (SSSR count). The van der Waals surface area contributed by atoms with Crippen molar-refractivity contribution in [3.8, 4) is 0 Å². The van der Waals surface area contributed by atoms with Gasteiger partial charge in [0.15, 0.2) is 0 Å². The average molecular weight is 368 g/mol. The molecule has 0 saturated carbocycles. The summed E-state index contributed by atoms with van der Waals surface area (Å²) in [4.78, 5) is 24.0. The topological polar surface area (TPSA) is 70.2 Å². The molecule has 1 aliphatic heterocycles. The highest BCUT2D eigenvalue weighted by Gasteiger charge is 2.24. The van der Waals surface area contributed by atoms with Crippen molar-refractivity contribution in [2.45, 2.75) is 32.7 Å². The Morgan fingerprint density at radius 3 is 2.86 bits per heavy atom. The summed E-state index contributed by atoms with van der Waals surface area (Å²) in [5.41, 5.74) is 1.78. The summed E-state index contributed by atoms with van der Waals surface area (Å²) in [6, 6.07) is 5.95. The Balaban J connectivity index is 1.79. The molecule has 2 atom stereocenters. The fourth-order valence-electron chi connectivity index (χ4n) is 2.61. The fraction of sp³-hybridized carbons (Fsp3) is 0.500. The van der Waals surface area contributed by atoms with E-state index in [0.29, 0.717) is 6.04 Å². The SMILES string of the molecule is Cc1cc(NC(=O)CNC(=O)[C@H]2CCN[C@@H](C)C2)ccc1Br. The summed E-state index contributed by atoms with van der Waals surface area (Å²) in [7, 11) is 0. The van der Waals surface area contributed by atoms with Gasteiger partial charge in [-0.2, -0.15) is 0 Å². The third kappa shape index (κ3) is 4.81. The number of hydrogen-bond acceptors (Lipinski definition) is 3. The van der Waals surface area contributed by atoms with Crippen LogP contribution in [0.1, 0.15) is 25.3 Å². The summed E-state index contributed by atoms with van der Waals surface area (Å²) in [6.07, 6.45) is 1.64. The van der Waals surface area contributed by atoms with Gasteiger partial charge in [-0.3, -0.25) is 9.59 Å². The molecule has 5 nitrogen and oxygen atoms in total. The zero-order valence-corrected chi connectivity index (χ0v) is 14.5. The van der Waals surface area contributed by atoms with Gasteiger partial charge in [0.2, 0.25) is 11.8 Å². The highest BCUT2D eigenvalue weighted by Crippen LogP contribution is 2.20. The molecule has 0 aromatic heterocycles. The number of hydrogen-bond donors (Lipinski definition) is 3. The number of aryl methyl sites for hydroxylation is 1. The van der Waals surface area contributed by atoms with Crippen molar-refractivity contribution in [1.82, 2.24) is 10.6 Å². The van der Waals surface area contributed by atoms with Gasteiger partial charge in [-0.25, -0.2) is 0 Å². The maximum Gasteiger partial charge on any atom is 0.243 e. The van der Waals surface area contributed by atoms with E-state index in [0.717, 1.165) is 35.1 Å². The first-order valence-electron chi connectivity index (χ1n) is 7.53. The Kier molecular flexibility index (Phi) is 5.97. The average Bonchev–Trinajstić information content (AvgIpc) is 2.48. The van der Waals surface area contributed by atoms with Gasteiger partial charge in [-0.15, -0.1) is 0 Å². The van der Waals surface area contributed by atoms with Crippen LogP contribution < -0.4 is 16.0 Å². The van der Waals surface area contributed by atoms with Crippen LogP contribution in [0.3, 0.4) is 0 Å². The maximum absolute atomic E-state index is 12.1. The number of nitrogens with one attached hydrogen (secondary N) is 3. The van der Waals surface area contributed by atoms with E-state index in [-0.39, 0.29) is 24.3 Å². The van der Waals surface area contributed by atoms with Gasteiger partial charge in [0.05, 0.1) is 6.54 Å². The summed E-state index contributed by atoms with van der Waals surface area (Å²) < 4.78 is 0.999. The second-order valence-corrected chi connectivity index (χ2v) is 6.66. The monoisotopic (exact) mass is 367 g/mol. The highest BCUT2D eigenvalue weighted by molar-refractivity contribution is 9.10. The van der Waals surface area contributed by atoms with E-state index in [1.807, 2.05) is 25.1 Å². The first-order chi connectivity index (χ1) is 10.5. The normalized spacial score (nSPS) is 21.2. The molecule has 0 aliphatic carbocycles. The molecule has 1 saturated heterocycles. The third-order valence-electron chi connectivity index (χ3n) is 3.86. The van der Waals surface area contributed by atoms with Gasteiger partial charge >= 0.3 is 0 Å². The molecule has 1 heterocycles. The molecule has 6 heteroatoms. The van der Waals surface area contributed by atoms with Gasteiger partial charge in [-0.05, 0) is 57.0 Å². The second-order valence-electron chi connectivity index (χ2n) is 5.81. The molecule has 3 N–H and O–H groups in total. The van der Waals surface area contributed by atoms with E-state index in [4.69, 9.17) is 0 Å². The molecule has 0 spiro atoms. The first kappa shape index (κ1) is 17.0. The molecule has 1 aromatic carbocycles. The Morgan fingerprint density at radius 2 is 2.18 bits per heavy atom. The minimum atomic E-state index is -0.211. The summed E-state index contributed by atoms with van der Waals surface area (Å²) in [5.74, 6) is -0.244. The van der Waals surface area contributed by atoms with E-state index in [2.05, 4.69) is 38.8 Å². The predicted molar refractivity (Wildman–Crippen MR) is 90.7 cm³/mol. The molecule has 0 bridgehead atoms. The fourth-order valence-corrected chi connectivity index (χ4v) is 2.86. The number of rotatable bonds is 4. The Morgan fingerprint density at radius 1 is 1.41 bits per heavy atom. The van der Waals surface area contributed by atoms with Crippen molar-refractivity contribution in [2.75, 3.05) is 18.4 Å². The van der Waals surface area contributed by atoms with Gasteiger partial charge < -0.3 is 16.0 Å². The van der Waals surface area contributed by atoms with E-state index in [9.17, 15) is 9.59 Å². The molecular formula is C16H22BrN3O2. The Hall–Kier alpha value is -1.40. The van der Waals surface area contributed by atoms with Gasteiger partial charge in [0.1, 0.15) is 0 Å². The zero-order valence-electron chi connectivity index (χ0n) is 12.9. The lowest BCUT2D eigenvalue weighted by atomic mass is 9.92. The van der Waals surface area contributed by atoms with Crippen molar-refractivity contribution in [1.29, 1.82) is 0 Å². The van der Waals surface area contributed by atoms with E-state index in [1.165, 1.54) is 0 Å². The predicted octanol–water partition coefficient (Wildman–Crippen LogP) is 2.20. The van der Waals surface area contributed by atoms with Crippen LogP contribution in [0, 0.1) is 12.8 Å². The zero-order chi connectivity index (χ0) is 16.1. The number of anilines is 1. The summed E-state index contributed by atoms with van der Waals surface area (Å²) >= 11 is 3.42. The molecule has 1 aliphatic rings. The number of piperidine rings is 1. The quantitative estimate of drug-likeness (QED) is 0.763. The van der Waals surface area contributed by atoms with Crippen LogP contribution in [0.25, 0.3) is 0 Å². The molecule has 1 fully saturated rings. The third-order valence-corrected chi connectivity index (χ3v) is 4.75. The highest BCUT2D eigenvalue weighted by atomic mass is 79.9. The van der Waals surface area contributed by atoms with E-state index < -0.39 is 0 Å². The minimum Gasteiger partial charge on any atom is -0.347 e. The molecule has 0 radical (unpaired) electrons. The van der Waals surface area contributed by atoms with E-state index in [1.54, 1.807) is 0 Å². The number of amides is 2. The lowest BCUT2D eigenvalue weighted by Crippen LogP contribution is -2.44. The van der Waals surface area contributed by atoms with Crippen molar-refractivity contribution in [3.63, 3.8) is 0 Å². The first-order valence-corrected chi connectivity index (χ1v) is 8.32. The van der Waals surface area contributed by atoms with Crippen LogP contribution in [-0.4, -0.2) is 30.9 Å². The van der Waals surface area contributed by atoms with Crippen LogP contribution in [-0.2, 0) is 9.59 Å². The molecule has 2 amide bonds. The van der Waals surface area contributed by atoms with Crippen molar-refractivity contribution < 1.29 is 9.59 Å². The van der Waals surface area contributed by atoms with Crippen LogP contribution in [0.4, 0.5) is 5.69 Å². The van der Waals surface area contributed by atoms with Gasteiger partial charge in [0, 0.05) is 22.1 Å². The van der Waals surface area contributed by atoms with Crippen molar-refractivity contribution >= 4 is 33.4 Å². The Labute approximate surface area is 139 Å². The molecule has 120 valence electrons. The number of carbonyl (C=O) groups is 2.